The van der Waals surface area contributed by atoms with Gasteiger partial charge in [-0.3, -0.25) is 4.79 Å². The SMILES string of the molecule is C#CCN(C)S(=O)(=O)c1cccc(C(=O)CC)c1. The van der Waals surface area contributed by atoms with Crippen LogP contribution in [0.1, 0.15) is 23.7 Å². The molecule has 0 saturated carbocycles. The van der Waals surface area contributed by atoms with Crippen molar-refractivity contribution in [2.24, 2.45) is 0 Å². The van der Waals surface area contributed by atoms with Gasteiger partial charge in [-0.05, 0) is 12.1 Å². The summed E-state index contributed by atoms with van der Waals surface area (Å²) in [6, 6.07) is 5.99. The Morgan fingerprint density at radius 1 is 1.44 bits per heavy atom. The molecule has 4 nitrogen and oxygen atoms in total. The van der Waals surface area contributed by atoms with Crippen molar-refractivity contribution in [1.82, 2.24) is 4.31 Å². The fraction of sp³-hybridized carbons (Fsp3) is 0.308. The molecule has 0 aliphatic rings. The minimum absolute atomic E-state index is 0.00567. The number of carbonyl (C=O) groups is 1. The highest BCUT2D eigenvalue weighted by Gasteiger charge is 2.20. The zero-order chi connectivity index (χ0) is 13.8. The summed E-state index contributed by atoms with van der Waals surface area (Å²) in [6.07, 6.45) is 5.43. The van der Waals surface area contributed by atoms with Crippen molar-refractivity contribution in [2.45, 2.75) is 18.2 Å². The van der Waals surface area contributed by atoms with Crippen LogP contribution < -0.4 is 0 Å². The molecule has 5 heteroatoms. The van der Waals surface area contributed by atoms with Crippen LogP contribution >= 0.6 is 0 Å². The molecule has 0 spiro atoms. The summed E-state index contributed by atoms with van der Waals surface area (Å²) in [5, 5.41) is 0. The first-order chi connectivity index (χ1) is 8.43. The molecule has 0 amide bonds. The summed E-state index contributed by atoms with van der Waals surface area (Å²) in [7, 11) is -2.22. The Morgan fingerprint density at radius 3 is 2.67 bits per heavy atom. The Hall–Kier alpha value is -1.64. The topological polar surface area (TPSA) is 54.5 Å². The summed E-state index contributed by atoms with van der Waals surface area (Å²) in [4.78, 5) is 11.6. The first-order valence-electron chi connectivity index (χ1n) is 5.46. The summed E-state index contributed by atoms with van der Waals surface area (Å²) in [6.45, 7) is 1.72. The van der Waals surface area contributed by atoms with Gasteiger partial charge in [0.15, 0.2) is 5.78 Å². The number of nitrogens with zero attached hydrogens (tertiary/aromatic N) is 1. The Balaban J connectivity index is 3.19. The van der Waals surface area contributed by atoms with Crippen LogP contribution in [0.5, 0.6) is 0 Å². The lowest BCUT2D eigenvalue weighted by molar-refractivity contribution is 0.0988. The van der Waals surface area contributed by atoms with Gasteiger partial charge in [0, 0.05) is 19.0 Å². The molecule has 1 aromatic carbocycles. The molecule has 0 radical (unpaired) electrons. The van der Waals surface area contributed by atoms with Gasteiger partial charge < -0.3 is 0 Å². The van der Waals surface area contributed by atoms with Crippen molar-refractivity contribution < 1.29 is 13.2 Å². The minimum Gasteiger partial charge on any atom is -0.294 e. The van der Waals surface area contributed by atoms with Gasteiger partial charge in [0.25, 0.3) is 0 Å². The van der Waals surface area contributed by atoms with Crippen molar-refractivity contribution in [2.75, 3.05) is 13.6 Å². The van der Waals surface area contributed by atoms with Crippen molar-refractivity contribution in [1.29, 1.82) is 0 Å². The smallest absolute Gasteiger partial charge is 0.243 e. The number of benzene rings is 1. The Kier molecular flexibility index (Phi) is 4.65. The van der Waals surface area contributed by atoms with Crippen molar-refractivity contribution in [3.05, 3.63) is 29.8 Å². The molecule has 0 heterocycles. The number of hydrogen-bond acceptors (Lipinski definition) is 3. The van der Waals surface area contributed by atoms with Gasteiger partial charge in [-0.1, -0.05) is 25.0 Å². The van der Waals surface area contributed by atoms with E-state index in [2.05, 4.69) is 5.92 Å². The highest BCUT2D eigenvalue weighted by Crippen LogP contribution is 2.16. The van der Waals surface area contributed by atoms with Gasteiger partial charge in [0.05, 0.1) is 11.4 Å². The van der Waals surface area contributed by atoms with Gasteiger partial charge in [-0.2, -0.15) is 4.31 Å². The van der Waals surface area contributed by atoms with Gasteiger partial charge in [-0.25, -0.2) is 8.42 Å². The molecule has 0 aromatic heterocycles. The van der Waals surface area contributed by atoms with Crippen molar-refractivity contribution in [3.8, 4) is 12.3 Å². The van der Waals surface area contributed by atoms with E-state index in [9.17, 15) is 13.2 Å². The molecule has 0 aliphatic carbocycles. The molecular weight excluding hydrogens is 250 g/mol. The van der Waals surface area contributed by atoms with Crippen LogP contribution in [0.15, 0.2) is 29.2 Å². The van der Waals surface area contributed by atoms with E-state index < -0.39 is 10.0 Å². The number of sulfonamides is 1. The highest BCUT2D eigenvalue weighted by molar-refractivity contribution is 7.89. The van der Waals surface area contributed by atoms with Gasteiger partial charge >= 0.3 is 0 Å². The molecule has 0 N–H and O–H groups in total. The van der Waals surface area contributed by atoms with Crippen LogP contribution in [0.2, 0.25) is 0 Å². The fourth-order valence-corrected chi connectivity index (χ4v) is 2.56. The lowest BCUT2D eigenvalue weighted by Crippen LogP contribution is -2.27. The van der Waals surface area contributed by atoms with E-state index in [-0.39, 0.29) is 17.2 Å². The minimum atomic E-state index is -3.63. The monoisotopic (exact) mass is 265 g/mol. The third-order valence-corrected chi connectivity index (χ3v) is 4.30. The van der Waals surface area contributed by atoms with E-state index in [0.717, 1.165) is 4.31 Å². The quantitative estimate of drug-likeness (QED) is 0.599. The maximum Gasteiger partial charge on any atom is 0.243 e. The first kappa shape index (κ1) is 14.4. The van der Waals surface area contributed by atoms with Crippen molar-refractivity contribution in [3.63, 3.8) is 0 Å². The molecule has 0 atom stereocenters. The van der Waals surface area contributed by atoms with Crippen LogP contribution in [0, 0.1) is 12.3 Å². The van der Waals surface area contributed by atoms with E-state index in [0.29, 0.717) is 12.0 Å². The van der Waals surface area contributed by atoms with Gasteiger partial charge in [-0.15, -0.1) is 6.42 Å². The van der Waals surface area contributed by atoms with Crippen LogP contribution in [0.3, 0.4) is 0 Å². The number of ketones is 1. The number of carbonyl (C=O) groups excluding carboxylic acids is 1. The molecule has 18 heavy (non-hydrogen) atoms. The predicted molar refractivity (Wildman–Crippen MR) is 69.7 cm³/mol. The Bertz CT molecular complexity index is 584. The molecular formula is C13H15NO3S. The number of rotatable bonds is 5. The van der Waals surface area contributed by atoms with E-state index in [1.54, 1.807) is 19.1 Å². The van der Waals surface area contributed by atoms with Gasteiger partial charge in [0.1, 0.15) is 0 Å². The third-order valence-electron chi connectivity index (χ3n) is 2.50. The average Bonchev–Trinajstić information content (AvgIpc) is 2.38. The second kappa shape index (κ2) is 5.80. The maximum absolute atomic E-state index is 12.1. The molecule has 0 aliphatic heterocycles. The van der Waals surface area contributed by atoms with Crippen LogP contribution in [0.4, 0.5) is 0 Å². The summed E-state index contributed by atoms with van der Waals surface area (Å²) < 4.78 is 25.3. The molecule has 0 saturated heterocycles. The summed E-state index contributed by atoms with van der Waals surface area (Å²) >= 11 is 0. The lowest BCUT2D eigenvalue weighted by atomic mass is 10.1. The molecule has 0 fully saturated rings. The molecule has 1 aromatic rings. The Labute approximate surface area is 108 Å². The number of terminal acetylenes is 1. The first-order valence-corrected chi connectivity index (χ1v) is 6.90. The normalized spacial score (nSPS) is 11.2. The second-order valence-corrected chi connectivity index (χ2v) is 5.81. The zero-order valence-corrected chi connectivity index (χ0v) is 11.2. The summed E-state index contributed by atoms with van der Waals surface area (Å²) in [5.41, 5.74) is 0.396. The molecule has 0 unspecified atom stereocenters. The van der Waals surface area contributed by atoms with E-state index in [4.69, 9.17) is 6.42 Å². The van der Waals surface area contributed by atoms with E-state index >= 15 is 0 Å². The Morgan fingerprint density at radius 2 is 2.11 bits per heavy atom. The zero-order valence-electron chi connectivity index (χ0n) is 10.4. The summed E-state index contributed by atoms with van der Waals surface area (Å²) in [5.74, 6) is 2.18. The number of Topliss-reactive ketones (excluding diaryl/α,β-unsaturated/α-hetero) is 1. The third kappa shape index (κ3) is 2.97. The van der Waals surface area contributed by atoms with E-state index in [1.165, 1.54) is 19.2 Å². The van der Waals surface area contributed by atoms with E-state index in [1.807, 2.05) is 0 Å². The van der Waals surface area contributed by atoms with Crippen LogP contribution in [0.25, 0.3) is 0 Å². The molecule has 1 rings (SSSR count). The molecule has 96 valence electrons. The standard InChI is InChI=1S/C13H15NO3S/c1-4-9-14(3)18(16,17)12-8-6-7-11(10-12)13(15)5-2/h1,6-8,10H,5,9H2,2-3H3. The highest BCUT2D eigenvalue weighted by atomic mass is 32.2. The van der Waals surface area contributed by atoms with Crippen LogP contribution in [-0.2, 0) is 10.0 Å². The lowest BCUT2D eigenvalue weighted by Gasteiger charge is -2.14. The average molecular weight is 265 g/mol. The fourth-order valence-electron chi connectivity index (χ4n) is 1.43. The van der Waals surface area contributed by atoms with Crippen LogP contribution in [-0.4, -0.2) is 32.1 Å². The van der Waals surface area contributed by atoms with Gasteiger partial charge in [0.2, 0.25) is 10.0 Å². The predicted octanol–water partition coefficient (Wildman–Crippen LogP) is 1.53. The number of hydrogen-bond donors (Lipinski definition) is 0. The molecule has 0 bridgehead atoms. The van der Waals surface area contributed by atoms with Crippen molar-refractivity contribution >= 4 is 15.8 Å². The maximum atomic E-state index is 12.1. The second-order valence-electron chi connectivity index (χ2n) is 3.77. The largest absolute Gasteiger partial charge is 0.294 e.